The molecule has 0 bridgehead atoms. The van der Waals surface area contributed by atoms with Crippen molar-refractivity contribution in [1.82, 2.24) is 0 Å². The third-order valence-electron chi connectivity index (χ3n) is 3.36. The van der Waals surface area contributed by atoms with E-state index >= 15 is 0 Å². The zero-order valence-electron chi connectivity index (χ0n) is 10.2. The van der Waals surface area contributed by atoms with Gasteiger partial charge in [-0.15, -0.1) is 0 Å². The summed E-state index contributed by atoms with van der Waals surface area (Å²) in [6, 6.07) is 5.49. The third kappa shape index (κ3) is 2.57. The van der Waals surface area contributed by atoms with Gasteiger partial charge in [0.1, 0.15) is 0 Å². The number of nitro benzene ring substituents is 1. The molecule has 0 amide bonds. The topological polar surface area (TPSA) is 46.4 Å². The molecule has 0 unspecified atom stereocenters. The number of nitrogens with zero attached hydrogens (tertiary/aromatic N) is 2. The van der Waals surface area contributed by atoms with Crippen LogP contribution in [0.25, 0.3) is 0 Å². The van der Waals surface area contributed by atoms with E-state index in [-0.39, 0.29) is 10.6 Å². The number of piperidine rings is 1. The normalized spacial score (nSPS) is 15.9. The molecule has 1 aliphatic heterocycles. The summed E-state index contributed by atoms with van der Waals surface area (Å²) in [5.74, 6) is 0. The molecule has 2 rings (SSSR count). The number of hydrogen-bond acceptors (Lipinski definition) is 3. The molecule has 0 spiro atoms. The Kier molecular flexibility index (Phi) is 3.61. The fourth-order valence-electron chi connectivity index (χ4n) is 2.38. The Bertz CT molecular complexity index is 412. The number of anilines is 1. The molecule has 0 N–H and O–H groups in total. The Morgan fingerprint density at radius 1 is 1.29 bits per heavy atom. The highest BCUT2D eigenvalue weighted by atomic mass is 16.6. The van der Waals surface area contributed by atoms with E-state index in [1.165, 1.54) is 19.3 Å². The van der Waals surface area contributed by atoms with E-state index in [9.17, 15) is 10.1 Å². The lowest BCUT2D eigenvalue weighted by molar-refractivity contribution is -0.385. The van der Waals surface area contributed by atoms with Crippen molar-refractivity contribution in [3.8, 4) is 0 Å². The molecule has 17 heavy (non-hydrogen) atoms. The van der Waals surface area contributed by atoms with Gasteiger partial charge in [0, 0.05) is 30.4 Å². The predicted octanol–water partition coefficient (Wildman–Crippen LogP) is 3.15. The lowest BCUT2D eigenvalue weighted by atomic mass is 10.1. The quantitative estimate of drug-likeness (QED) is 0.596. The van der Waals surface area contributed by atoms with Crippen LogP contribution in [0.15, 0.2) is 18.2 Å². The van der Waals surface area contributed by atoms with Crippen LogP contribution in [0, 0.1) is 10.1 Å². The summed E-state index contributed by atoms with van der Waals surface area (Å²) in [5, 5.41) is 10.9. The van der Waals surface area contributed by atoms with E-state index in [0.717, 1.165) is 24.3 Å². The molecular weight excluding hydrogens is 216 g/mol. The zero-order chi connectivity index (χ0) is 12.3. The van der Waals surface area contributed by atoms with Crippen LogP contribution in [0.5, 0.6) is 0 Å². The molecule has 1 aromatic rings. The Morgan fingerprint density at radius 2 is 2.00 bits per heavy atom. The minimum atomic E-state index is -0.293. The fourth-order valence-corrected chi connectivity index (χ4v) is 2.38. The van der Waals surface area contributed by atoms with Crippen molar-refractivity contribution in [2.75, 3.05) is 18.0 Å². The average Bonchev–Trinajstić information content (AvgIpc) is 2.39. The Hall–Kier alpha value is -1.58. The van der Waals surface area contributed by atoms with Gasteiger partial charge in [0.25, 0.3) is 5.69 Å². The maximum Gasteiger partial charge on any atom is 0.272 e. The highest BCUT2D eigenvalue weighted by Gasteiger charge is 2.16. The second-order valence-corrected chi connectivity index (χ2v) is 4.47. The molecule has 0 radical (unpaired) electrons. The summed E-state index contributed by atoms with van der Waals surface area (Å²) in [4.78, 5) is 12.9. The largest absolute Gasteiger partial charge is 0.372 e. The van der Waals surface area contributed by atoms with Crippen LogP contribution in [0.3, 0.4) is 0 Å². The lowest BCUT2D eigenvalue weighted by Gasteiger charge is -2.29. The lowest BCUT2D eigenvalue weighted by Crippen LogP contribution is -2.29. The maximum atomic E-state index is 10.9. The highest BCUT2D eigenvalue weighted by molar-refractivity contribution is 5.55. The van der Waals surface area contributed by atoms with Gasteiger partial charge in [-0.1, -0.05) is 6.92 Å². The molecule has 92 valence electrons. The van der Waals surface area contributed by atoms with Gasteiger partial charge in [-0.2, -0.15) is 0 Å². The van der Waals surface area contributed by atoms with E-state index < -0.39 is 0 Å². The SMILES string of the molecule is CCc1cc(N2CCCCC2)ccc1[N+](=O)[O-]. The maximum absolute atomic E-state index is 10.9. The first-order valence-corrected chi connectivity index (χ1v) is 6.24. The monoisotopic (exact) mass is 234 g/mol. The zero-order valence-corrected chi connectivity index (χ0v) is 10.2. The van der Waals surface area contributed by atoms with Crippen LogP contribution in [0.1, 0.15) is 31.7 Å². The average molecular weight is 234 g/mol. The third-order valence-corrected chi connectivity index (χ3v) is 3.36. The molecule has 4 nitrogen and oxygen atoms in total. The summed E-state index contributed by atoms with van der Waals surface area (Å²) in [7, 11) is 0. The minimum absolute atomic E-state index is 0.244. The van der Waals surface area contributed by atoms with Crippen LogP contribution >= 0.6 is 0 Å². The van der Waals surface area contributed by atoms with Crippen molar-refractivity contribution >= 4 is 11.4 Å². The van der Waals surface area contributed by atoms with E-state index in [4.69, 9.17) is 0 Å². The van der Waals surface area contributed by atoms with Crippen molar-refractivity contribution < 1.29 is 4.92 Å². The summed E-state index contributed by atoms with van der Waals surface area (Å²) >= 11 is 0. The molecule has 1 fully saturated rings. The summed E-state index contributed by atoms with van der Waals surface area (Å²) < 4.78 is 0. The second kappa shape index (κ2) is 5.17. The number of nitro groups is 1. The molecule has 1 aliphatic rings. The molecule has 1 saturated heterocycles. The molecular formula is C13H18N2O2. The molecule has 0 atom stereocenters. The molecule has 0 aromatic heterocycles. The van der Waals surface area contributed by atoms with Crippen LogP contribution in [0.4, 0.5) is 11.4 Å². The van der Waals surface area contributed by atoms with E-state index in [1.54, 1.807) is 6.07 Å². The van der Waals surface area contributed by atoms with Gasteiger partial charge in [-0.3, -0.25) is 10.1 Å². The Morgan fingerprint density at radius 3 is 2.59 bits per heavy atom. The van der Waals surface area contributed by atoms with Crippen molar-refractivity contribution in [2.45, 2.75) is 32.6 Å². The van der Waals surface area contributed by atoms with E-state index in [0.29, 0.717) is 6.42 Å². The first-order valence-electron chi connectivity index (χ1n) is 6.24. The Balaban J connectivity index is 2.27. The van der Waals surface area contributed by atoms with Gasteiger partial charge in [0.05, 0.1) is 4.92 Å². The number of hydrogen-bond donors (Lipinski definition) is 0. The smallest absolute Gasteiger partial charge is 0.272 e. The van der Waals surface area contributed by atoms with E-state index in [1.807, 2.05) is 19.1 Å². The molecule has 4 heteroatoms. The second-order valence-electron chi connectivity index (χ2n) is 4.47. The number of benzene rings is 1. The summed E-state index contributed by atoms with van der Waals surface area (Å²) in [6.45, 7) is 4.10. The van der Waals surface area contributed by atoms with Gasteiger partial charge in [-0.25, -0.2) is 0 Å². The highest BCUT2D eigenvalue weighted by Crippen LogP contribution is 2.27. The van der Waals surface area contributed by atoms with Crippen LogP contribution in [0.2, 0.25) is 0 Å². The van der Waals surface area contributed by atoms with Crippen molar-refractivity contribution in [3.05, 3.63) is 33.9 Å². The van der Waals surface area contributed by atoms with Gasteiger partial charge < -0.3 is 4.90 Å². The van der Waals surface area contributed by atoms with Gasteiger partial charge >= 0.3 is 0 Å². The van der Waals surface area contributed by atoms with Crippen LogP contribution < -0.4 is 4.90 Å². The molecule has 1 heterocycles. The standard InChI is InChI=1S/C13H18N2O2/c1-2-11-10-12(6-7-13(11)15(16)17)14-8-4-3-5-9-14/h6-7,10H,2-5,8-9H2,1H3. The fraction of sp³-hybridized carbons (Fsp3) is 0.538. The summed E-state index contributed by atoms with van der Waals surface area (Å²) in [6.07, 6.45) is 4.44. The number of aryl methyl sites for hydroxylation is 1. The molecule has 1 aromatic carbocycles. The van der Waals surface area contributed by atoms with Gasteiger partial charge in [0.15, 0.2) is 0 Å². The first-order chi connectivity index (χ1) is 8.22. The predicted molar refractivity (Wildman–Crippen MR) is 68.5 cm³/mol. The van der Waals surface area contributed by atoms with Crippen molar-refractivity contribution in [2.24, 2.45) is 0 Å². The molecule has 0 aliphatic carbocycles. The van der Waals surface area contributed by atoms with Crippen LogP contribution in [-0.4, -0.2) is 18.0 Å². The minimum Gasteiger partial charge on any atom is -0.372 e. The Labute approximate surface area is 101 Å². The van der Waals surface area contributed by atoms with Gasteiger partial charge in [0.2, 0.25) is 0 Å². The van der Waals surface area contributed by atoms with Gasteiger partial charge in [-0.05, 0) is 37.8 Å². The van der Waals surface area contributed by atoms with E-state index in [2.05, 4.69) is 4.90 Å². The number of rotatable bonds is 3. The van der Waals surface area contributed by atoms with Crippen LogP contribution in [-0.2, 0) is 6.42 Å². The van der Waals surface area contributed by atoms with Crippen molar-refractivity contribution in [1.29, 1.82) is 0 Å². The summed E-state index contributed by atoms with van der Waals surface area (Å²) in [5.41, 5.74) is 2.21. The molecule has 0 saturated carbocycles. The van der Waals surface area contributed by atoms with Crippen molar-refractivity contribution in [3.63, 3.8) is 0 Å². The first kappa shape index (κ1) is 11.9.